The first-order valence-corrected chi connectivity index (χ1v) is 7.37. The normalized spacial score (nSPS) is 14.4. The Balaban J connectivity index is 2.20. The van der Waals surface area contributed by atoms with Crippen LogP contribution >= 0.6 is 11.6 Å². The maximum absolute atomic E-state index is 12.2. The van der Waals surface area contributed by atoms with Gasteiger partial charge in [0, 0.05) is 19.0 Å². The summed E-state index contributed by atoms with van der Waals surface area (Å²) in [5.41, 5.74) is 4.63. The third-order valence-corrected chi connectivity index (χ3v) is 4.23. The Morgan fingerprint density at radius 2 is 2.15 bits per heavy atom. The molecule has 0 atom stereocenters. The van der Waals surface area contributed by atoms with Gasteiger partial charge in [-0.2, -0.15) is 5.10 Å². The summed E-state index contributed by atoms with van der Waals surface area (Å²) in [4.78, 5) is 12.2. The topological polar surface area (TPSA) is 34.9 Å². The van der Waals surface area contributed by atoms with Gasteiger partial charge in [0.05, 0.1) is 22.0 Å². The number of fused-ring (bicyclic) bond motifs is 1. The molecule has 0 saturated heterocycles. The van der Waals surface area contributed by atoms with Gasteiger partial charge in [-0.3, -0.25) is 9.48 Å². The summed E-state index contributed by atoms with van der Waals surface area (Å²) < 4.78 is 1.79. The molecule has 0 fully saturated rings. The number of carbonyl (C=O) groups excluding carboxylic acids is 1. The molecule has 1 aromatic carbocycles. The number of Topliss-reactive ketones (excluding diaryl/α,β-unsaturated/α-hetero) is 1. The predicted molar refractivity (Wildman–Crippen MR) is 80.3 cm³/mol. The molecule has 0 unspecified atom stereocenters. The summed E-state index contributed by atoms with van der Waals surface area (Å²) in [7, 11) is 1.88. The van der Waals surface area contributed by atoms with Gasteiger partial charge < -0.3 is 0 Å². The number of aromatic nitrogens is 2. The van der Waals surface area contributed by atoms with Crippen molar-refractivity contribution in [2.45, 2.75) is 32.6 Å². The fourth-order valence-electron chi connectivity index (χ4n) is 2.87. The van der Waals surface area contributed by atoms with Crippen LogP contribution in [0.2, 0.25) is 5.02 Å². The number of halogens is 1. The number of ketones is 1. The Kier molecular flexibility index (Phi) is 3.38. The molecule has 1 aromatic heterocycles. The number of benzene rings is 1. The first-order valence-electron chi connectivity index (χ1n) is 6.99. The van der Waals surface area contributed by atoms with Crippen molar-refractivity contribution < 1.29 is 4.79 Å². The highest BCUT2D eigenvalue weighted by atomic mass is 35.5. The van der Waals surface area contributed by atoms with Crippen LogP contribution in [0.15, 0.2) is 18.2 Å². The van der Waals surface area contributed by atoms with Gasteiger partial charge in [0.15, 0.2) is 5.78 Å². The van der Waals surface area contributed by atoms with Crippen LogP contribution in [0.25, 0.3) is 11.3 Å². The van der Waals surface area contributed by atoms with Crippen molar-refractivity contribution >= 4 is 17.4 Å². The second-order valence-electron chi connectivity index (χ2n) is 5.24. The second-order valence-corrected chi connectivity index (χ2v) is 5.65. The van der Waals surface area contributed by atoms with Crippen molar-refractivity contribution in [1.29, 1.82) is 0 Å². The van der Waals surface area contributed by atoms with Crippen LogP contribution in [0.4, 0.5) is 0 Å². The molecule has 0 saturated carbocycles. The van der Waals surface area contributed by atoms with E-state index in [9.17, 15) is 4.79 Å². The van der Waals surface area contributed by atoms with Crippen molar-refractivity contribution in [2.24, 2.45) is 7.05 Å². The monoisotopic (exact) mass is 288 g/mol. The van der Waals surface area contributed by atoms with Crippen LogP contribution in [0.5, 0.6) is 0 Å². The standard InChI is InChI=1S/C16H17ClN2O/c1-3-10-7-8-11(12(17)9-10)16-15-13(18-19(16)2)5-4-6-14(15)20/h7-9H,3-6H2,1-2H3. The van der Waals surface area contributed by atoms with Crippen LogP contribution in [-0.4, -0.2) is 15.6 Å². The molecule has 1 heterocycles. The highest BCUT2D eigenvalue weighted by molar-refractivity contribution is 6.33. The third kappa shape index (κ3) is 2.06. The smallest absolute Gasteiger partial charge is 0.166 e. The first kappa shape index (κ1) is 13.4. The molecule has 104 valence electrons. The zero-order valence-electron chi connectivity index (χ0n) is 11.7. The van der Waals surface area contributed by atoms with E-state index in [4.69, 9.17) is 11.6 Å². The van der Waals surface area contributed by atoms with Crippen molar-refractivity contribution in [3.05, 3.63) is 40.0 Å². The number of carbonyl (C=O) groups is 1. The fourth-order valence-corrected chi connectivity index (χ4v) is 3.16. The molecule has 0 bridgehead atoms. The summed E-state index contributed by atoms with van der Waals surface area (Å²) >= 11 is 6.41. The maximum atomic E-state index is 12.2. The minimum absolute atomic E-state index is 0.185. The molecule has 3 nitrogen and oxygen atoms in total. The van der Waals surface area contributed by atoms with E-state index >= 15 is 0 Å². The minimum Gasteiger partial charge on any atom is -0.294 e. The predicted octanol–water partition coefficient (Wildman–Crippen LogP) is 3.82. The molecule has 0 radical (unpaired) electrons. The van der Waals surface area contributed by atoms with E-state index in [2.05, 4.69) is 18.1 Å². The molecule has 0 N–H and O–H groups in total. The first-order chi connectivity index (χ1) is 9.61. The van der Waals surface area contributed by atoms with Crippen LogP contribution in [-0.2, 0) is 19.9 Å². The average molecular weight is 289 g/mol. The van der Waals surface area contributed by atoms with E-state index in [-0.39, 0.29) is 5.78 Å². The van der Waals surface area contributed by atoms with Gasteiger partial charge in [0.1, 0.15) is 0 Å². The van der Waals surface area contributed by atoms with E-state index < -0.39 is 0 Å². The summed E-state index contributed by atoms with van der Waals surface area (Å²) in [6, 6.07) is 6.04. The number of hydrogen-bond donors (Lipinski definition) is 0. The molecule has 0 aliphatic heterocycles. The van der Waals surface area contributed by atoms with Gasteiger partial charge in [0.25, 0.3) is 0 Å². The van der Waals surface area contributed by atoms with Crippen LogP contribution in [0.1, 0.15) is 41.4 Å². The molecule has 2 aromatic rings. The Labute approximate surface area is 123 Å². The molecule has 0 amide bonds. The SMILES string of the molecule is CCc1ccc(-c2c3c(nn2C)CCCC3=O)c(Cl)c1. The van der Waals surface area contributed by atoms with E-state index in [0.717, 1.165) is 41.8 Å². The molecule has 1 aliphatic carbocycles. The van der Waals surface area contributed by atoms with E-state index in [1.54, 1.807) is 4.68 Å². The lowest BCUT2D eigenvalue weighted by Gasteiger charge is -2.12. The largest absolute Gasteiger partial charge is 0.294 e. The Morgan fingerprint density at radius 3 is 2.85 bits per heavy atom. The van der Waals surface area contributed by atoms with Crippen LogP contribution in [0, 0.1) is 0 Å². The van der Waals surface area contributed by atoms with Crippen molar-refractivity contribution in [2.75, 3.05) is 0 Å². The lowest BCUT2D eigenvalue weighted by molar-refractivity contribution is 0.0973. The molecular formula is C16H17ClN2O. The highest BCUT2D eigenvalue weighted by Gasteiger charge is 2.27. The molecule has 3 rings (SSSR count). The molecule has 0 spiro atoms. The average Bonchev–Trinajstić information content (AvgIpc) is 2.76. The van der Waals surface area contributed by atoms with Gasteiger partial charge in [-0.15, -0.1) is 0 Å². The van der Waals surface area contributed by atoms with Crippen molar-refractivity contribution in [3.8, 4) is 11.3 Å². The zero-order valence-corrected chi connectivity index (χ0v) is 12.5. The summed E-state index contributed by atoms with van der Waals surface area (Å²) in [6.45, 7) is 2.10. The number of aryl methyl sites for hydroxylation is 3. The fraction of sp³-hybridized carbons (Fsp3) is 0.375. The van der Waals surface area contributed by atoms with Crippen LogP contribution < -0.4 is 0 Å². The van der Waals surface area contributed by atoms with Gasteiger partial charge in [0.2, 0.25) is 0 Å². The van der Waals surface area contributed by atoms with Gasteiger partial charge in [-0.1, -0.05) is 30.7 Å². The molecule has 4 heteroatoms. The summed E-state index contributed by atoms with van der Waals surface area (Å²) in [6.07, 6.45) is 3.32. The van der Waals surface area contributed by atoms with Gasteiger partial charge >= 0.3 is 0 Å². The van der Waals surface area contributed by atoms with Gasteiger partial charge in [-0.05, 0) is 30.9 Å². The number of rotatable bonds is 2. The highest BCUT2D eigenvalue weighted by Crippen LogP contribution is 2.35. The van der Waals surface area contributed by atoms with Crippen LogP contribution in [0.3, 0.4) is 0 Å². The Morgan fingerprint density at radius 1 is 1.35 bits per heavy atom. The lowest BCUT2D eigenvalue weighted by atomic mass is 9.92. The van der Waals surface area contributed by atoms with Crippen molar-refractivity contribution in [3.63, 3.8) is 0 Å². The number of hydrogen-bond acceptors (Lipinski definition) is 2. The molecular weight excluding hydrogens is 272 g/mol. The quantitative estimate of drug-likeness (QED) is 0.842. The van der Waals surface area contributed by atoms with Gasteiger partial charge in [-0.25, -0.2) is 0 Å². The Bertz CT molecular complexity index is 688. The van der Waals surface area contributed by atoms with E-state index in [0.29, 0.717) is 11.4 Å². The molecule has 20 heavy (non-hydrogen) atoms. The lowest BCUT2D eigenvalue weighted by Crippen LogP contribution is -2.10. The molecule has 1 aliphatic rings. The van der Waals surface area contributed by atoms with E-state index in [1.807, 2.05) is 19.2 Å². The Hall–Kier alpha value is -1.61. The third-order valence-electron chi connectivity index (χ3n) is 3.91. The summed E-state index contributed by atoms with van der Waals surface area (Å²) in [5, 5.41) is 5.19. The second kappa shape index (κ2) is 5.06. The number of nitrogens with zero attached hydrogens (tertiary/aromatic N) is 2. The minimum atomic E-state index is 0.185. The summed E-state index contributed by atoms with van der Waals surface area (Å²) in [5.74, 6) is 0.185. The maximum Gasteiger partial charge on any atom is 0.166 e. The zero-order chi connectivity index (χ0) is 14.3. The van der Waals surface area contributed by atoms with E-state index in [1.165, 1.54) is 5.56 Å². The van der Waals surface area contributed by atoms with Crippen molar-refractivity contribution in [1.82, 2.24) is 9.78 Å².